The number of thiophene rings is 1. The minimum absolute atomic E-state index is 0.122. The van der Waals surface area contributed by atoms with E-state index in [0.29, 0.717) is 10.4 Å². The third-order valence-corrected chi connectivity index (χ3v) is 5.48. The van der Waals surface area contributed by atoms with Gasteiger partial charge in [-0.25, -0.2) is 4.79 Å². The van der Waals surface area contributed by atoms with Gasteiger partial charge < -0.3 is 5.11 Å². The Morgan fingerprint density at radius 2 is 1.95 bits per heavy atom. The van der Waals surface area contributed by atoms with Crippen molar-refractivity contribution in [1.29, 1.82) is 0 Å². The second-order valence-corrected chi connectivity index (χ2v) is 6.41. The molecule has 1 fully saturated rings. The highest BCUT2D eigenvalue weighted by atomic mass is 32.1. The number of aryl methyl sites for hydroxylation is 1. The molecule has 4 heteroatoms. The van der Waals surface area contributed by atoms with Crippen molar-refractivity contribution in [1.82, 2.24) is 0 Å². The maximum atomic E-state index is 12.6. The number of carboxylic acid groups (broad SMARTS) is 1. The molecular formula is C16H16O3S. The Kier molecular flexibility index (Phi) is 3.34. The zero-order chi connectivity index (χ0) is 14.3. The first kappa shape index (κ1) is 13.3. The molecule has 1 aliphatic carbocycles. The summed E-state index contributed by atoms with van der Waals surface area (Å²) in [6, 6.07) is 5.60. The van der Waals surface area contributed by atoms with Gasteiger partial charge in [-0.2, -0.15) is 0 Å². The van der Waals surface area contributed by atoms with Crippen molar-refractivity contribution in [2.24, 2.45) is 5.92 Å². The molecular weight excluding hydrogens is 272 g/mol. The van der Waals surface area contributed by atoms with Crippen LogP contribution in [0.1, 0.15) is 51.3 Å². The second kappa shape index (κ2) is 5.02. The van der Waals surface area contributed by atoms with Crippen LogP contribution in [-0.2, 0) is 0 Å². The highest BCUT2D eigenvalue weighted by Gasteiger charge is 2.26. The Bertz CT molecular complexity index is 693. The summed E-state index contributed by atoms with van der Waals surface area (Å²) < 4.78 is 0.833. The molecule has 20 heavy (non-hydrogen) atoms. The summed E-state index contributed by atoms with van der Waals surface area (Å²) in [7, 11) is 0. The van der Waals surface area contributed by atoms with E-state index in [1.165, 1.54) is 11.3 Å². The van der Waals surface area contributed by atoms with Crippen molar-refractivity contribution in [3.05, 3.63) is 34.2 Å². The SMILES string of the molecule is Cc1c(C(=O)O)sc2c(C(=O)C3CCCC3)cccc12. The van der Waals surface area contributed by atoms with Crippen LogP contribution in [0, 0.1) is 12.8 Å². The van der Waals surface area contributed by atoms with Gasteiger partial charge >= 0.3 is 5.97 Å². The van der Waals surface area contributed by atoms with E-state index >= 15 is 0 Å². The molecule has 104 valence electrons. The minimum atomic E-state index is -0.914. The lowest BCUT2D eigenvalue weighted by Gasteiger charge is -2.08. The molecule has 2 aromatic rings. The van der Waals surface area contributed by atoms with Gasteiger partial charge in [0.05, 0.1) is 0 Å². The molecule has 0 radical (unpaired) electrons. The predicted molar refractivity (Wildman–Crippen MR) is 79.8 cm³/mol. The Morgan fingerprint density at radius 1 is 1.25 bits per heavy atom. The zero-order valence-corrected chi connectivity index (χ0v) is 12.1. The fourth-order valence-corrected chi connectivity index (χ4v) is 4.21. The molecule has 1 aromatic heterocycles. The van der Waals surface area contributed by atoms with Crippen LogP contribution >= 0.6 is 11.3 Å². The summed E-state index contributed by atoms with van der Waals surface area (Å²) in [6.45, 7) is 1.81. The molecule has 0 bridgehead atoms. The van der Waals surface area contributed by atoms with Gasteiger partial charge in [0.25, 0.3) is 0 Å². The molecule has 0 aliphatic heterocycles. The highest BCUT2D eigenvalue weighted by Crippen LogP contribution is 2.36. The fourth-order valence-electron chi connectivity index (χ4n) is 3.05. The molecule has 0 spiro atoms. The van der Waals surface area contributed by atoms with Gasteiger partial charge in [-0.15, -0.1) is 11.3 Å². The van der Waals surface area contributed by atoms with Crippen molar-refractivity contribution in [3.63, 3.8) is 0 Å². The number of fused-ring (bicyclic) bond motifs is 1. The Morgan fingerprint density at radius 3 is 2.60 bits per heavy atom. The zero-order valence-electron chi connectivity index (χ0n) is 11.3. The lowest BCUT2D eigenvalue weighted by atomic mass is 9.95. The van der Waals surface area contributed by atoms with Gasteiger partial charge in [-0.05, 0) is 36.8 Å². The van der Waals surface area contributed by atoms with Gasteiger partial charge in [0.2, 0.25) is 0 Å². The van der Waals surface area contributed by atoms with Gasteiger partial charge in [0.1, 0.15) is 4.88 Å². The van der Waals surface area contributed by atoms with Crippen molar-refractivity contribution in [2.45, 2.75) is 32.6 Å². The third-order valence-electron chi connectivity index (χ3n) is 4.15. The first-order valence-corrected chi connectivity index (χ1v) is 7.71. The molecule has 3 rings (SSSR count). The van der Waals surface area contributed by atoms with E-state index in [0.717, 1.165) is 41.3 Å². The summed E-state index contributed by atoms with van der Waals surface area (Å²) in [6.07, 6.45) is 4.17. The summed E-state index contributed by atoms with van der Waals surface area (Å²) in [5, 5.41) is 10.1. The van der Waals surface area contributed by atoms with Crippen LogP contribution in [0.4, 0.5) is 0 Å². The number of hydrogen-bond acceptors (Lipinski definition) is 3. The summed E-state index contributed by atoms with van der Waals surface area (Å²) >= 11 is 1.23. The average Bonchev–Trinajstić information content (AvgIpc) is 3.06. The predicted octanol–water partition coefficient (Wildman–Crippen LogP) is 4.28. The van der Waals surface area contributed by atoms with E-state index in [4.69, 9.17) is 0 Å². The van der Waals surface area contributed by atoms with Gasteiger partial charge in [0, 0.05) is 16.2 Å². The molecule has 1 N–H and O–H groups in total. The number of rotatable bonds is 3. The van der Waals surface area contributed by atoms with E-state index in [1.807, 2.05) is 25.1 Å². The normalized spacial score (nSPS) is 15.8. The second-order valence-electron chi connectivity index (χ2n) is 5.39. The van der Waals surface area contributed by atoms with E-state index < -0.39 is 5.97 Å². The van der Waals surface area contributed by atoms with E-state index in [1.54, 1.807) is 0 Å². The maximum Gasteiger partial charge on any atom is 0.346 e. The van der Waals surface area contributed by atoms with E-state index in [9.17, 15) is 14.7 Å². The van der Waals surface area contributed by atoms with Crippen molar-refractivity contribution >= 4 is 33.2 Å². The van der Waals surface area contributed by atoms with Crippen molar-refractivity contribution in [2.75, 3.05) is 0 Å². The molecule has 1 saturated carbocycles. The Hall–Kier alpha value is -1.68. The van der Waals surface area contributed by atoms with Crippen molar-refractivity contribution in [3.8, 4) is 0 Å². The van der Waals surface area contributed by atoms with Gasteiger partial charge in [0.15, 0.2) is 5.78 Å². The number of Topliss-reactive ketones (excluding diaryl/α,β-unsaturated/α-hetero) is 1. The number of carboxylic acids is 1. The van der Waals surface area contributed by atoms with Gasteiger partial charge in [-0.1, -0.05) is 25.0 Å². The molecule has 0 unspecified atom stereocenters. The smallest absolute Gasteiger partial charge is 0.346 e. The number of hydrogen-bond donors (Lipinski definition) is 1. The van der Waals surface area contributed by atoms with Crippen molar-refractivity contribution < 1.29 is 14.7 Å². The Labute approximate surface area is 121 Å². The molecule has 0 amide bonds. The number of carbonyl (C=O) groups excluding carboxylic acids is 1. The summed E-state index contributed by atoms with van der Waals surface area (Å²) in [5.74, 6) is -0.606. The van der Waals surface area contributed by atoms with Crippen LogP contribution in [-0.4, -0.2) is 16.9 Å². The van der Waals surface area contributed by atoms with E-state index in [-0.39, 0.29) is 11.7 Å². The van der Waals surface area contributed by atoms with E-state index in [2.05, 4.69) is 0 Å². The number of carbonyl (C=O) groups is 2. The molecule has 1 aliphatic rings. The minimum Gasteiger partial charge on any atom is -0.477 e. The number of aromatic carboxylic acids is 1. The van der Waals surface area contributed by atoms with Crippen LogP contribution in [0.2, 0.25) is 0 Å². The molecule has 1 heterocycles. The maximum absolute atomic E-state index is 12.6. The fraction of sp³-hybridized carbons (Fsp3) is 0.375. The standard InChI is InChI=1S/C16H16O3S/c1-9-11-7-4-8-12(13(17)10-5-2-3-6-10)15(11)20-14(9)16(18)19/h4,7-8,10H,2-3,5-6H2,1H3,(H,18,19). The monoisotopic (exact) mass is 288 g/mol. The molecule has 0 atom stereocenters. The first-order chi connectivity index (χ1) is 9.59. The van der Waals surface area contributed by atoms with Crippen LogP contribution in [0.5, 0.6) is 0 Å². The largest absolute Gasteiger partial charge is 0.477 e. The van der Waals surface area contributed by atoms with Crippen LogP contribution in [0.3, 0.4) is 0 Å². The third kappa shape index (κ3) is 2.04. The quantitative estimate of drug-likeness (QED) is 0.858. The summed E-state index contributed by atoms with van der Waals surface area (Å²) in [5.41, 5.74) is 1.47. The van der Waals surface area contributed by atoms with Gasteiger partial charge in [-0.3, -0.25) is 4.79 Å². The number of ketones is 1. The van der Waals surface area contributed by atoms with Crippen LogP contribution in [0.25, 0.3) is 10.1 Å². The van der Waals surface area contributed by atoms with Crippen LogP contribution in [0.15, 0.2) is 18.2 Å². The highest BCUT2D eigenvalue weighted by molar-refractivity contribution is 7.21. The lowest BCUT2D eigenvalue weighted by molar-refractivity contribution is 0.0701. The summed E-state index contributed by atoms with van der Waals surface area (Å²) in [4.78, 5) is 24.2. The average molecular weight is 288 g/mol. The molecule has 1 aromatic carbocycles. The number of benzene rings is 1. The van der Waals surface area contributed by atoms with Crippen LogP contribution < -0.4 is 0 Å². The molecule has 3 nitrogen and oxygen atoms in total. The first-order valence-electron chi connectivity index (χ1n) is 6.89. The lowest BCUT2D eigenvalue weighted by Crippen LogP contribution is -2.10. The molecule has 0 saturated heterocycles. The Balaban J connectivity index is 2.14. The topological polar surface area (TPSA) is 54.4 Å².